The second kappa shape index (κ2) is 7.33. The van der Waals surface area contributed by atoms with Gasteiger partial charge in [0.15, 0.2) is 0 Å². The molecule has 0 aliphatic heterocycles. The minimum atomic E-state index is -0.232. The van der Waals surface area contributed by atoms with Crippen LogP contribution in [0.1, 0.15) is 24.4 Å². The molecule has 0 spiro atoms. The molecule has 0 saturated carbocycles. The SMILES string of the molecule is COc1cccc(O)c1[C@@H](N)CCCN.Cl. The molecule has 0 radical (unpaired) electrons. The number of ether oxygens (including phenoxy) is 1. The first-order valence-electron chi connectivity index (χ1n) is 5.02. The van der Waals surface area contributed by atoms with E-state index < -0.39 is 0 Å². The second-order valence-electron chi connectivity index (χ2n) is 3.43. The maximum absolute atomic E-state index is 9.70. The number of benzene rings is 1. The lowest BCUT2D eigenvalue weighted by atomic mass is 10.0. The molecule has 0 aliphatic carbocycles. The summed E-state index contributed by atoms with van der Waals surface area (Å²) >= 11 is 0. The summed E-state index contributed by atoms with van der Waals surface area (Å²) in [5, 5.41) is 9.70. The number of hydrogen-bond donors (Lipinski definition) is 3. The van der Waals surface area contributed by atoms with Crippen molar-refractivity contribution in [2.24, 2.45) is 11.5 Å². The van der Waals surface area contributed by atoms with Crippen molar-refractivity contribution in [3.05, 3.63) is 23.8 Å². The van der Waals surface area contributed by atoms with Crippen LogP contribution in [0.4, 0.5) is 0 Å². The normalized spacial score (nSPS) is 11.7. The van der Waals surface area contributed by atoms with Gasteiger partial charge in [-0.2, -0.15) is 0 Å². The number of nitrogens with two attached hydrogens (primary N) is 2. The van der Waals surface area contributed by atoms with Crippen LogP contribution >= 0.6 is 12.4 Å². The predicted octanol–water partition coefficient (Wildman–Crippen LogP) is 1.56. The monoisotopic (exact) mass is 246 g/mol. The Morgan fingerprint density at radius 2 is 2.12 bits per heavy atom. The third kappa shape index (κ3) is 3.56. The highest BCUT2D eigenvalue weighted by Gasteiger charge is 2.15. The summed E-state index contributed by atoms with van der Waals surface area (Å²) in [5.41, 5.74) is 12.0. The Kier molecular flexibility index (Phi) is 6.88. The Morgan fingerprint density at radius 3 is 2.69 bits per heavy atom. The van der Waals surface area contributed by atoms with Crippen molar-refractivity contribution >= 4 is 12.4 Å². The fraction of sp³-hybridized carbons (Fsp3) is 0.455. The van der Waals surface area contributed by atoms with E-state index in [2.05, 4.69) is 0 Å². The van der Waals surface area contributed by atoms with Gasteiger partial charge in [0.2, 0.25) is 0 Å². The summed E-state index contributed by atoms with van der Waals surface area (Å²) in [6, 6.07) is 4.90. The molecule has 0 unspecified atom stereocenters. The molecule has 1 aromatic carbocycles. The van der Waals surface area contributed by atoms with E-state index in [1.54, 1.807) is 25.3 Å². The Morgan fingerprint density at radius 1 is 1.44 bits per heavy atom. The largest absolute Gasteiger partial charge is 0.507 e. The zero-order valence-corrected chi connectivity index (χ0v) is 10.2. The molecule has 92 valence electrons. The van der Waals surface area contributed by atoms with Gasteiger partial charge in [-0.1, -0.05) is 6.07 Å². The highest BCUT2D eigenvalue weighted by Crippen LogP contribution is 2.33. The van der Waals surface area contributed by atoms with Crippen LogP contribution < -0.4 is 16.2 Å². The summed E-state index contributed by atoms with van der Waals surface area (Å²) in [6.07, 6.45) is 1.57. The molecule has 0 aromatic heterocycles. The zero-order chi connectivity index (χ0) is 11.3. The average Bonchev–Trinajstić information content (AvgIpc) is 2.25. The van der Waals surface area contributed by atoms with Crippen molar-refractivity contribution in [3.8, 4) is 11.5 Å². The molecule has 1 rings (SSSR count). The average molecular weight is 247 g/mol. The van der Waals surface area contributed by atoms with Crippen LogP contribution in [0.2, 0.25) is 0 Å². The summed E-state index contributed by atoms with van der Waals surface area (Å²) in [6.45, 7) is 0.601. The minimum absolute atomic E-state index is 0. The molecule has 0 fully saturated rings. The van der Waals surface area contributed by atoms with Gasteiger partial charge in [0.05, 0.1) is 12.7 Å². The van der Waals surface area contributed by atoms with E-state index in [4.69, 9.17) is 16.2 Å². The Bertz CT molecular complexity index is 321. The second-order valence-corrected chi connectivity index (χ2v) is 3.43. The van der Waals surface area contributed by atoms with Crippen LogP contribution in [0.25, 0.3) is 0 Å². The van der Waals surface area contributed by atoms with Crippen LogP contribution in [0, 0.1) is 0 Å². The van der Waals surface area contributed by atoms with E-state index in [-0.39, 0.29) is 24.2 Å². The summed E-state index contributed by atoms with van der Waals surface area (Å²) in [5.74, 6) is 0.804. The third-order valence-corrected chi connectivity index (χ3v) is 2.35. The Balaban J connectivity index is 0.00000225. The number of methoxy groups -OCH3 is 1. The maximum atomic E-state index is 9.70. The standard InChI is InChI=1S/C11H18N2O2.ClH/c1-15-10-6-2-5-9(14)11(10)8(13)4-3-7-12;/h2,5-6,8,14H,3-4,7,12-13H2,1H3;1H/t8-;/m0./s1. The van der Waals surface area contributed by atoms with Crippen LogP contribution in [0.5, 0.6) is 11.5 Å². The Labute approximate surface area is 102 Å². The summed E-state index contributed by atoms with van der Waals surface area (Å²) in [4.78, 5) is 0. The molecule has 0 aliphatic rings. The van der Waals surface area contributed by atoms with Gasteiger partial charge in [-0.3, -0.25) is 0 Å². The lowest BCUT2D eigenvalue weighted by molar-refractivity contribution is 0.390. The minimum Gasteiger partial charge on any atom is -0.507 e. The fourth-order valence-corrected chi connectivity index (χ4v) is 1.57. The van der Waals surface area contributed by atoms with Crippen molar-refractivity contribution in [1.82, 2.24) is 0 Å². The quantitative estimate of drug-likeness (QED) is 0.737. The zero-order valence-electron chi connectivity index (χ0n) is 9.35. The maximum Gasteiger partial charge on any atom is 0.127 e. The van der Waals surface area contributed by atoms with Gasteiger partial charge < -0.3 is 21.3 Å². The van der Waals surface area contributed by atoms with E-state index in [1.165, 1.54) is 0 Å². The van der Waals surface area contributed by atoms with E-state index in [9.17, 15) is 5.11 Å². The first-order valence-corrected chi connectivity index (χ1v) is 5.02. The number of phenolic OH excluding ortho intramolecular Hbond substituents is 1. The smallest absolute Gasteiger partial charge is 0.127 e. The number of phenols is 1. The van der Waals surface area contributed by atoms with Crippen LogP contribution in [0.15, 0.2) is 18.2 Å². The number of aromatic hydroxyl groups is 1. The summed E-state index contributed by atoms with van der Waals surface area (Å²) in [7, 11) is 1.56. The molecule has 16 heavy (non-hydrogen) atoms. The van der Waals surface area contributed by atoms with Gasteiger partial charge in [0.1, 0.15) is 11.5 Å². The van der Waals surface area contributed by atoms with E-state index in [0.29, 0.717) is 17.9 Å². The lowest BCUT2D eigenvalue weighted by Gasteiger charge is -2.16. The molecular weight excluding hydrogens is 228 g/mol. The third-order valence-electron chi connectivity index (χ3n) is 2.35. The van der Waals surface area contributed by atoms with Gasteiger partial charge in [-0.25, -0.2) is 0 Å². The molecule has 0 saturated heterocycles. The number of rotatable bonds is 5. The molecule has 4 nitrogen and oxygen atoms in total. The molecule has 0 amide bonds. The van der Waals surface area contributed by atoms with Gasteiger partial charge in [0, 0.05) is 6.04 Å². The highest BCUT2D eigenvalue weighted by atomic mass is 35.5. The molecule has 1 aromatic rings. The molecule has 1 atom stereocenters. The summed E-state index contributed by atoms with van der Waals surface area (Å²) < 4.78 is 5.16. The molecule has 5 N–H and O–H groups in total. The van der Waals surface area contributed by atoms with Gasteiger partial charge in [-0.15, -0.1) is 12.4 Å². The molecule has 0 heterocycles. The predicted molar refractivity (Wildman–Crippen MR) is 67.1 cm³/mol. The van der Waals surface area contributed by atoms with E-state index >= 15 is 0 Å². The van der Waals surface area contributed by atoms with Crippen LogP contribution in [-0.4, -0.2) is 18.8 Å². The van der Waals surface area contributed by atoms with Crippen molar-refractivity contribution in [3.63, 3.8) is 0 Å². The van der Waals surface area contributed by atoms with Crippen molar-refractivity contribution in [1.29, 1.82) is 0 Å². The molecule has 5 heteroatoms. The number of halogens is 1. The van der Waals surface area contributed by atoms with Crippen molar-refractivity contribution < 1.29 is 9.84 Å². The van der Waals surface area contributed by atoms with Gasteiger partial charge in [0.25, 0.3) is 0 Å². The van der Waals surface area contributed by atoms with E-state index in [1.807, 2.05) is 0 Å². The Hall–Kier alpha value is -0.970. The van der Waals surface area contributed by atoms with Crippen LogP contribution in [-0.2, 0) is 0 Å². The first kappa shape index (κ1) is 15.0. The van der Waals surface area contributed by atoms with Crippen molar-refractivity contribution in [2.45, 2.75) is 18.9 Å². The van der Waals surface area contributed by atoms with Gasteiger partial charge >= 0.3 is 0 Å². The highest BCUT2D eigenvalue weighted by molar-refractivity contribution is 5.85. The van der Waals surface area contributed by atoms with Gasteiger partial charge in [-0.05, 0) is 31.5 Å². The first-order chi connectivity index (χ1) is 7.20. The van der Waals surface area contributed by atoms with E-state index in [0.717, 1.165) is 12.8 Å². The number of hydrogen-bond acceptors (Lipinski definition) is 4. The lowest BCUT2D eigenvalue weighted by Crippen LogP contribution is -2.13. The fourth-order valence-electron chi connectivity index (χ4n) is 1.57. The van der Waals surface area contributed by atoms with Crippen LogP contribution in [0.3, 0.4) is 0 Å². The van der Waals surface area contributed by atoms with Crippen molar-refractivity contribution in [2.75, 3.05) is 13.7 Å². The molecular formula is C11H19ClN2O2. The molecule has 0 bridgehead atoms. The topological polar surface area (TPSA) is 81.5 Å².